The number of benzene rings is 3. The number of nitrogens with one attached hydrogen (secondary N) is 1. The van der Waals surface area contributed by atoms with Crippen LogP contribution in [0.15, 0.2) is 72.8 Å². The van der Waals surface area contributed by atoms with Gasteiger partial charge in [0.2, 0.25) is 11.6 Å². The molecule has 0 atom stereocenters. The molecule has 0 aliphatic heterocycles. The number of hydrogen-bond donors (Lipinski definition) is 1. The average molecular weight is 430 g/mol. The van der Waals surface area contributed by atoms with E-state index in [1.807, 2.05) is 25.1 Å². The van der Waals surface area contributed by atoms with Crippen LogP contribution in [0.25, 0.3) is 10.2 Å². The van der Waals surface area contributed by atoms with E-state index in [4.69, 9.17) is 4.74 Å². The highest BCUT2D eigenvalue weighted by Gasteiger charge is 2.19. The molecule has 1 amide bonds. The number of anilines is 1. The van der Waals surface area contributed by atoms with Crippen LogP contribution < -0.4 is 10.1 Å². The van der Waals surface area contributed by atoms with Crippen molar-refractivity contribution in [2.45, 2.75) is 6.92 Å². The van der Waals surface area contributed by atoms with E-state index in [2.05, 4.69) is 10.3 Å². The Labute approximate surface area is 182 Å². The molecule has 1 aromatic heterocycles. The summed E-state index contributed by atoms with van der Waals surface area (Å²) < 4.78 is 6.49. The van der Waals surface area contributed by atoms with Crippen molar-refractivity contribution in [3.63, 3.8) is 0 Å². The highest BCUT2D eigenvalue weighted by molar-refractivity contribution is 7.22. The molecule has 0 bridgehead atoms. The van der Waals surface area contributed by atoms with E-state index >= 15 is 0 Å². The van der Waals surface area contributed by atoms with Crippen LogP contribution in [0, 0.1) is 0 Å². The van der Waals surface area contributed by atoms with Crippen LogP contribution in [0.4, 0.5) is 5.13 Å². The number of para-hydroxylation sites is 1. The highest BCUT2D eigenvalue weighted by atomic mass is 32.1. The van der Waals surface area contributed by atoms with Gasteiger partial charge in [0, 0.05) is 16.7 Å². The summed E-state index contributed by atoms with van der Waals surface area (Å²) in [4.78, 5) is 41.8. The first-order chi connectivity index (χ1) is 15.1. The third-order valence-corrected chi connectivity index (χ3v) is 5.49. The molecule has 3 aromatic carbocycles. The SMILES string of the molecule is CCOc1cccc2sc(NC(=O)c3ccc(C(=O)C(=O)c4ccccc4)cc3)nc12. The number of thiazole rings is 1. The molecule has 0 unspecified atom stereocenters. The van der Waals surface area contributed by atoms with Gasteiger partial charge < -0.3 is 4.74 Å². The Morgan fingerprint density at radius 3 is 2.16 bits per heavy atom. The predicted octanol–water partition coefficient (Wildman–Crippen LogP) is 5.01. The largest absolute Gasteiger partial charge is 0.492 e. The normalized spacial score (nSPS) is 10.6. The summed E-state index contributed by atoms with van der Waals surface area (Å²) in [5, 5.41) is 3.23. The smallest absolute Gasteiger partial charge is 0.257 e. The molecule has 6 nitrogen and oxygen atoms in total. The van der Waals surface area contributed by atoms with E-state index in [0.717, 1.165) is 4.70 Å². The first-order valence-electron chi connectivity index (χ1n) is 9.64. The molecule has 4 aromatic rings. The fourth-order valence-electron chi connectivity index (χ4n) is 3.04. The number of Topliss-reactive ketones (excluding diaryl/α,β-unsaturated/α-hetero) is 2. The molecule has 0 saturated heterocycles. The second-order valence-corrected chi connectivity index (χ2v) is 7.64. The lowest BCUT2D eigenvalue weighted by atomic mass is 10.0. The number of hydrogen-bond acceptors (Lipinski definition) is 6. The second kappa shape index (κ2) is 8.89. The molecule has 0 spiro atoms. The molecule has 0 saturated carbocycles. The number of nitrogens with zero attached hydrogens (tertiary/aromatic N) is 1. The van der Waals surface area contributed by atoms with Crippen LogP contribution in [0.5, 0.6) is 5.75 Å². The van der Waals surface area contributed by atoms with Gasteiger partial charge in [-0.1, -0.05) is 59.9 Å². The number of ether oxygens (including phenoxy) is 1. The van der Waals surface area contributed by atoms with Crippen LogP contribution in [0.2, 0.25) is 0 Å². The van der Waals surface area contributed by atoms with Crippen molar-refractivity contribution in [1.82, 2.24) is 4.98 Å². The highest BCUT2D eigenvalue weighted by Crippen LogP contribution is 2.32. The summed E-state index contributed by atoms with van der Waals surface area (Å²) in [5.41, 5.74) is 1.61. The minimum Gasteiger partial charge on any atom is -0.492 e. The number of fused-ring (bicyclic) bond motifs is 1. The van der Waals surface area contributed by atoms with Crippen molar-refractivity contribution < 1.29 is 19.1 Å². The maximum Gasteiger partial charge on any atom is 0.257 e. The van der Waals surface area contributed by atoms with Gasteiger partial charge in [-0.15, -0.1) is 0 Å². The molecule has 0 aliphatic rings. The standard InChI is InChI=1S/C24H18N2O4S/c1-2-30-18-9-6-10-19-20(18)25-24(31-19)26-23(29)17-13-11-16(12-14-17)22(28)21(27)15-7-4-3-5-8-15/h3-14H,2H2,1H3,(H,25,26,29). The molecule has 0 aliphatic carbocycles. The molecular weight excluding hydrogens is 412 g/mol. The number of rotatable bonds is 7. The van der Waals surface area contributed by atoms with Gasteiger partial charge in [0.05, 0.1) is 11.3 Å². The first kappa shape index (κ1) is 20.4. The van der Waals surface area contributed by atoms with E-state index in [9.17, 15) is 14.4 Å². The molecule has 1 heterocycles. The molecule has 7 heteroatoms. The maximum atomic E-state index is 12.6. The van der Waals surface area contributed by atoms with E-state index in [1.165, 1.54) is 35.6 Å². The Morgan fingerprint density at radius 1 is 0.839 bits per heavy atom. The van der Waals surface area contributed by atoms with Gasteiger partial charge in [-0.05, 0) is 31.2 Å². The average Bonchev–Trinajstić information content (AvgIpc) is 3.22. The molecule has 154 valence electrons. The first-order valence-corrected chi connectivity index (χ1v) is 10.5. The summed E-state index contributed by atoms with van der Waals surface area (Å²) in [6, 6.07) is 20.0. The summed E-state index contributed by atoms with van der Waals surface area (Å²) in [7, 11) is 0. The van der Waals surface area contributed by atoms with Gasteiger partial charge in [-0.25, -0.2) is 4.98 Å². The van der Waals surface area contributed by atoms with Gasteiger partial charge in [0.1, 0.15) is 11.3 Å². The van der Waals surface area contributed by atoms with E-state index in [0.29, 0.717) is 34.1 Å². The second-order valence-electron chi connectivity index (χ2n) is 6.61. The lowest BCUT2D eigenvalue weighted by Gasteiger charge is -2.04. The molecule has 0 radical (unpaired) electrons. The van der Waals surface area contributed by atoms with Gasteiger partial charge in [0.15, 0.2) is 5.13 Å². The van der Waals surface area contributed by atoms with Crippen LogP contribution in [0.3, 0.4) is 0 Å². The van der Waals surface area contributed by atoms with Crippen LogP contribution >= 0.6 is 11.3 Å². The number of amides is 1. The van der Waals surface area contributed by atoms with Gasteiger partial charge in [-0.2, -0.15) is 0 Å². The van der Waals surface area contributed by atoms with Crippen molar-refractivity contribution in [2.75, 3.05) is 11.9 Å². The molecule has 1 N–H and O–H groups in total. The monoisotopic (exact) mass is 430 g/mol. The van der Waals surface area contributed by atoms with Crippen molar-refractivity contribution in [3.05, 3.63) is 89.5 Å². The Bertz CT molecular complexity index is 1260. The van der Waals surface area contributed by atoms with Crippen molar-refractivity contribution in [3.8, 4) is 5.75 Å². The van der Waals surface area contributed by atoms with Crippen LogP contribution in [-0.2, 0) is 0 Å². The van der Waals surface area contributed by atoms with E-state index in [1.54, 1.807) is 30.3 Å². The van der Waals surface area contributed by atoms with Crippen LogP contribution in [-0.4, -0.2) is 29.1 Å². The Kier molecular flexibility index (Phi) is 5.86. The van der Waals surface area contributed by atoms with E-state index < -0.39 is 11.6 Å². The Hall–Kier alpha value is -3.84. The topological polar surface area (TPSA) is 85.4 Å². The van der Waals surface area contributed by atoms with E-state index in [-0.39, 0.29) is 11.5 Å². The Balaban J connectivity index is 1.49. The minimum absolute atomic E-state index is 0.228. The van der Waals surface area contributed by atoms with Gasteiger partial charge in [0.25, 0.3) is 5.91 Å². The third kappa shape index (κ3) is 4.36. The number of aromatic nitrogens is 1. The lowest BCUT2D eigenvalue weighted by molar-refractivity contribution is 0.0817. The number of ketones is 2. The fraction of sp³-hybridized carbons (Fsp3) is 0.0833. The summed E-state index contributed by atoms with van der Waals surface area (Å²) >= 11 is 1.35. The quantitative estimate of drug-likeness (QED) is 0.329. The zero-order valence-electron chi connectivity index (χ0n) is 16.6. The summed E-state index contributed by atoms with van der Waals surface area (Å²) in [6.07, 6.45) is 0. The maximum absolute atomic E-state index is 12.6. The number of carbonyl (C=O) groups is 3. The molecule has 0 fully saturated rings. The fourth-order valence-corrected chi connectivity index (χ4v) is 3.92. The Morgan fingerprint density at radius 2 is 1.48 bits per heavy atom. The summed E-state index contributed by atoms with van der Waals surface area (Å²) in [6.45, 7) is 2.42. The molecular formula is C24H18N2O4S. The van der Waals surface area contributed by atoms with Crippen LogP contribution in [0.1, 0.15) is 38.0 Å². The third-order valence-electron chi connectivity index (χ3n) is 4.55. The zero-order valence-corrected chi connectivity index (χ0v) is 17.4. The van der Waals surface area contributed by atoms with Crippen molar-refractivity contribution in [1.29, 1.82) is 0 Å². The summed E-state index contributed by atoms with van der Waals surface area (Å²) in [5.74, 6) is -0.890. The predicted molar refractivity (Wildman–Crippen MR) is 120 cm³/mol. The van der Waals surface area contributed by atoms with Crippen molar-refractivity contribution in [2.24, 2.45) is 0 Å². The van der Waals surface area contributed by atoms with Crippen molar-refractivity contribution >= 4 is 44.2 Å². The zero-order chi connectivity index (χ0) is 21.8. The lowest BCUT2D eigenvalue weighted by Crippen LogP contribution is -2.15. The van der Waals surface area contributed by atoms with Gasteiger partial charge in [-0.3, -0.25) is 19.7 Å². The number of carbonyl (C=O) groups excluding carboxylic acids is 3. The molecule has 4 rings (SSSR count). The molecule has 31 heavy (non-hydrogen) atoms. The van der Waals surface area contributed by atoms with Gasteiger partial charge >= 0.3 is 0 Å². The minimum atomic E-state index is -0.618.